The van der Waals surface area contributed by atoms with Gasteiger partial charge >= 0.3 is 0 Å². The molecule has 0 fully saturated rings. The van der Waals surface area contributed by atoms with Gasteiger partial charge in [0, 0.05) is 0 Å². The van der Waals surface area contributed by atoms with Crippen LogP contribution in [0.2, 0.25) is 0 Å². The van der Waals surface area contributed by atoms with Gasteiger partial charge in [0.25, 0.3) is 0 Å². The maximum Gasteiger partial charge on any atom is 0.207 e. The first-order valence-corrected chi connectivity index (χ1v) is 5.68. The SMILES string of the molecule is Cc1ccc(F)c(C(=O)c2scnc2C)c1. The summed E-state index contributed by atoms with van der Waals surface area (Å²) in [5, 5.41) is 0. The topological polar surface area (TPSA) is 30.0 Å². The molecule has 0 atom stereocenters. The number of carbonyl (C=O) groups is 1. The molecule has 0 radical (unpaired) electrons. The molecule has 0 spiro atoms. The minimum Gasteiger partial charge on any atom is -0.288 e. The Morgan fingerprint density at radius 1 is 1.38 bits per heavy atom. The summed E-state index contributed by atoms with van der Waals surface area (Å²) in [6.07, 6.45) is 0. The standard InChI is InChI=1S/C12H10FNOS/c1-7-3-4-10(13)9(5-7)11(15)12-8(2)14-6-16-12/h3-6H,1-2H3. The first kappa shape index (κ1) is 11.0. The molecule has 2 nitrogen and oxygen atoms in total. The molecule has 0 aliphatic carbocycles. The predicted octanol–water partition coefficient (Wildman–Crippen LogP) is 3.13. The zero-order valence-electron chi connectivity index (χ0n) is 8.95. The second kappa shape index (κ2) is 4.14. The number of aryl methyl sites for hydroxylation is 2. The molecule has 1 heterocycles. The molecule has 0 saturated heterocycles. The van der Waals surface area contributed by atoms with E-state index in [-0.39, 0.29) is 11.3 Å². The highest BCUT2D eigenvalue weighted by Gasteiger charge is 2.17. The highest BCUT2D eigenvalue weighted by atomic mass is 32.1. The number of thiazole rings is 1. The maximum absolute atomic E-state index is 13.5. The fourth-order valence-electron chi connectivity index (χ4n) is 1.46. The monoisotopic (exact) mass is 235 g/mol. The first-order chi connectivity index (χ1) is 7.59. The fourth-order valence-corrected chi connectivity index (χ4v) is 2.21. The number of carbonyl (C=O) groups excluding carboxylic acids is 1. The van der Waals surface area contributed by atoms with Gasteiger partial charge < -0.3 is 0 Å². The number of aromatic nitrogens is 1. The Morgan fingerprint density at radius 2 is 2.12 bits per heavy atom. The molecule has 0 N–H and O–H groups in total. The smallest absolute Gasteiger partial charge is 0.207 e. The number of ketones is 1. The molecule has 0 unspecified atom stereocenters. The van der Waals surface area contributed by atoms with Gasteiger partial charge in [0.2, 0.25) is 5.78 Å². The van der Waals surface area contributed by atoms with E-state index in [0.29, 0.717) is 10.6 Å². The third-order valence-corrected chi connectivity index (χ3v) is 3.25. The van der Waals surface area contributed by atoms with Crippen LogP contribution in [0, 0.1) is 19.7 Å². The average molecular weight is 235 g/mol. The van der Waals surface area contributed by atoms with Crippen molar-refractivity contribution in [2.75, 3.05) is 0 Å². The second-order valence-electron chi connectivity index (χ2n) is 3.58. The van der Waals surface area contributed by atoms with Gasteiger partial charge in [-0.2, -0.15) is 0 Å². The summed E-state index contributed by atoms with van der Waals surface area (Å²) in [7, 11) is 0. The normalized spacial score (nSPS) is 10.4. The summed E-state index contributed by atoms with van der Waals surface area (Å²) in [5.41, 5.74) is 3.23. The van der Waals surface area contributed by atoms with E-state index in [9.17, 15) is 9.18 Å². The van der Waals surface area contributed by atoms with E-state index in [4.69, 9.17) is 0 Å². The Labute approximate surface area is 96.8 Å². The summed E-state index contributed by atoms with van der Waals surface area (Å²) in [5.74, 6) is -0.774. The molecule has 1 aromatic heterocycles. The van der Waals surface area contributed by atoms with Gasteiger partial charge in [-0.05, 0) is 26.0 Å². The van der Waals surface area contributed by atoms with Crippen molar-refractivity contribution in [2.24, 2.45) is 0 Å². The zero-order valence-corrected chi connectivity index (χ0v) is 9.77. The van der Waals surface area contributed by atoms with Crippen molar-refractivity contribution in [3.8, 4) is 0 Å². The van der Waals surface area contributed by atoms with Crippen LogP contribution in [0.1, 0.15) is 26.5 Å². The van der Waals surface area contributed by atoms with Crippen LogP contribution >= 0.6 is 11.3 Å². The van der Waals surface area contributed by atoms with Crippen LogP contribution in [-0.2, 0) is 0 Å². The van der Waals surface area contributed by atoms with Crippen molar-refractivity contribution in [3.63, 3.8) is 0 Å². The van der Waals surface area contributed by atoms with Gasteiger partial charge in [-0.3, -0.25) is 4.79 Å². The highest BCUT2D eigenvalue weighted by molar-refractivity contribution is 7.12. The number of hydrogen-bond donors (Lipinski definition) is 0. The van der Waals surface area contributed by atoms with Crippen LogP contribution < -0.4 is 0 Å². The second-order valence-corrected chi connectivity index (χ2v) is 4.43. The molecule has 0 aliphatic heterocycles. The number of nitrogens with zero attached hydrogens (tertiary/aromatic N) is 1. The van der Waals surface area contributed by atoms with Gasteiger partial charge in [-0.1, -0.05) is 11.6 Å². The van der Waals surface area contributed by atoms with E-state index >= 15 is 0 Å². The molecule has 2 rings (SSSR count). The largest absolute Gasteiger partial charge is 0.288 e. The van der Waals surface area contributed by atoms with Crippen molar-refractivity contribution >= 4 is 17.1 Å². The van der Waals surface area contributed by atoms with Gasteiger partial charge in [0.1, 0.15) is 5.82 Å². The number of hydrogen-bond acceptors (Lipinski definition) is 3. The lowest BCUT2D eigenvalue weighted by Crippen LogP contribution is -2.04. The molecular weight excluding hydrogens is 225 g/mol. The Morgan fingerprint density at radius 3 is 2.75 bits per heavy atom. The van der Waals surface area contributed by atoms with Crippen LogP contribution in [0.5, 0.6) is 0 Å². The van der Waals surface area contributed by atoms with E-state index in [0.717, 1.165) is 5.56 Å². The summed E-state index contributed by atoms with van der Waals surface area (Å²) in [6.45, 7) is 3.58. The van der Waals surface area contributed by atoms with E-state index in [1.165, 1.54) is 17.4 Å². The summed E-state index contributed by atoms with van der Waals surface area (Å²) in [4.78, 5) is 16.5. The number of halogens is 1. The van der Waals surface area contributed by atoms with Crippen molar-refractivity contribution in [1.82, 2.24) is 4.98 Å². The van der Waals surface area contributed by atoms with Gasteiger partial charge in [-0.15, -0.1) is 11.3 Å². The molecule has 0 amide bonds. The van der Waals surface area contributed by atoms with Crippen molar-refractivity contribution in [2.45, 2.75) is 13.8 Å². The lowest BCUT2D eigenvalue weighted by molar-refractivity contribution is 0.103. The molecule has 4 heteroatoms. The zero-order chi connectivity index (χ0) is 11.7. The number of rotatable bonds is 2. The molecular formula is C12H10FNOS. The summed E-state index contributed by atoms with van der Waals surface area (Å²) >= 11 is 1.24. The van der Waals surface area contributed by atoms with Crippen molar-refractivity contribution in [3.05, 3.63) is 51.2 Å². The lowest BCUT2D eigenvalue weighted by atomic mass is 10.1. The van der Waals surface area contributed by atoms with Crippen LogP contribution in [0.4, 0.5) is 4.39 Å². The maximum atomic E-state index is 13.5. The first-order valence-electron chi connectivity index (χ1n) is 4.80. The Kier molecular flexibility index (Phi) is 2.83. The number of benzene rings is 1. The van der Waals surface area contributed by atoms with Crippen LogP contribution in [0.15, 0.2) is 23.7 Å². The molecule has 0 bridgehead atoms. The van der Waals surface area contributed by atoms with Crippen LogP contribution in [0.25, 0.3) is 0 Å². The van der Waals surface area contributed by atoms with Gasteiger partial charge in [0.05, 0.1) is 21.6 Å². The molecule has 0 saturated carbocycles. The molecule has 1 aromatic carbocycles. The van der Waals surface area contributed by atoms with E-state index in [1.54, 1.807) is 24.6 Å². The Bertz CT molecular complexity index is 548. The minimum absolute atomic E-state index is 0.118. The van der Waals surface area contributed by atoms with Crippen LogP contribution in [0.3, 0.4) is 0 Å². The van der Waals surface area contributed by atoms with Gasteiger partial charge in [-0.25, -0.2) is 9.37 Å². The molecule has 82 valence electrons. The molecule has 2 aromatic rings. The quantitative estimate of drug-likeness (QED) is 0.748. The summed E-state index contributed by atoms with van der Waals surface area (Å²) < 4.78 is 13.5. The minimum atomic E-state index is -0.483. The summed E-state index contributed by atoms with van der Waals surface area (Å²) in [6, 6.07) is 4.53. The Hall–Kier alpha value is -1.55. The predicted molar refractivity (Wildman–Crippen MR) is 61.4 cm³/mol. The third kappa shape index (κ3) is 1.88. The lowest BCUT2D eigenvalue weighted by Gasteiger charge is -2.02. The molecule has 16 heavy (non-hydrogen) atoms. The third-order valence-electron chi connectivity index (χ3n) is 2.32. The fraction of sp³-hybridized carbons (Fsp3) is 0.167. The van der Waals surface area contributed by atoms with Crippen LogP contribution in [-0.4, -0.2) is 10.8 Å². The van der Waals surface area contributed by atoms with Crippen molar-refractivity contribution < 1.29 is 9.18 Å². The highest BCUT2D eigenvalue weighted by Crippen LogP contribution is 2.20. The van der Waals surface area contributed by atoms with E-state index in [1.807, 2.05) is 6.92 Å². The van der Waals surface area contributed by atoms with Crippen molar-refractivity contribution in [1.29, 1.82) is 0 Å². The Balaban J connectivity index is 2.49. The average Bonchev–Trinajstić information content (AvgIpc) is 2.67. The van der Waals surface area contributed by atoms with E-state index in [2.05, 4.69) is 4.98 Å². The molecule has 0 aliphatic rings. The van der Waals surface area contributed by atoms with E-state index < -0.39 is 5.82 Å². The van der Waals surface area contributed by atoms with Gasteiger partial charge in [0.15, 0.2) is 0 Å².